The van der Waals surface area contributed by atoms with E-state index in [1.165, 1.54) is 4.57 Å². The highest BCUT2D eigenvalue weighted by Gasteiger charge is 2.36. The third-order valence-electron chi connectivity index (χ3n) is 5.79. The fourth-order valence-corrected chi connectivity index (χ4v) is 4.91. The number of aliphatic hydroxyl groups is 1. The van der Waals surface area contributed by atoms with E-state index in [1.54, 1.807) is 11.0 Å². The number of hydrogen-bond donors (Lipinski definition) is 1. The quantitative estimate of drug-likeness (QED) is 0.589. The van der Waals surface area contributed by atoms with E-state index in [0.717, 1.165) is 0 Å². The number of anilines is 1. The number of aromatic nitrogens is 2. The van der Waals surface area contributed by atoms with E-state index in [-0.39, 0.29) is 31.3 Å². The molecule has 4 rings (SSSR count). The number of rotatable bonds is 1. The standard InChI is InChI=1S/C22H28BrClN4O5/c1-11-8-27(21(31)33-22(3,4)5)12(2)7-26(11)19-14-6-15(24)16(23)18-17(14)28(20(30)25-19)9-13(29)10-32-18/h6,11-13,29H,7-10H2,1-5H3. The second kappa shape index (κ2) is 8.63. The molecular formula is C22H28BrClN4O5. The molecule has 180 valence electrons. The van der Waals surface area contributed by atoms with Crippen LogP contribution in [-0.4, -0.2) is 69.1 Å². The third kappa shape index (κ3) is 4.52. The van der Waals surface area contributed by atoms with Crippen LogP contribution in [0.1, 0.15) is 34.6 Å². The van der Waals surface area contributed by atoms with Crippen molar-refractivity contribution in [3.63, 3.8) is 0 Å². The van der Waals surface area contributed by atoms with Crippen LogP contribution in [0.2, 0.25) is 5.02 Å². The van der Waals surface area contributed by atoms with Crippen molar-refractivity contribution in [3.8, 4) is 5.75 Å². The van der Waals surface area contributed by atoms with Gasteiger partial charge in [-0.3, -0.25) is 4.57 Å². The van der Waals surface area contributed by atoms with Gasteiger partial charge in [0.25, 0.3) is 0 Å². The Labute approximate surface area is 205 Å². The van der Waals surface area contributed by atoms with Crippen LogP contribution in [0.3, 0.4) is 0 Å². The molecule has 3 unspecified atom stereocenters. The summed E-state index contributed by atoms with van der Waals surface area (Å²) >= 11 is 9.94. The van der Waals surface area contributed by atoms with E-state index < -0.39 is 17.4 Å². The molecule has 33 heavy (non-hydrogen) atoms. The monoisotopic (exact) mass is 542 g/mol. The number of halogens is 2. The van der Waals surface area contributed by atoms with E-state index in [9.17, 15) is 14.7 Å². The Hall–Kier alpha value is -2.04. The molecule has 0 radical (unpaired) electrons. The minimum absolute atomic E-state index is 0.0342. The largest absolute Gasteiger partial charge is 0.487 e. The SMILES string of the molecule is CC1CN(c2nc(=O)n3c4c(c(Br)c(Cl)cc24)OCC(O)C3)C(C)CN1C(=O)OC(C)(C)C. The molecule has 1 aromatic heterocycles. The second-order valence-electron chi connectivity index (χ2n) is 9.67. The molecule has 2 aliphatic heterocycles. The normalized spacial score (nSPS) is 23.3. The highest BCUT2D eigenvalue weighted by molar-refractivity contribution is 9.10. The molecule has 1 amide bonds. The summed E-state index contributed by atoms with van der Waals surface area (Å²) in [5.41, 5.74) is -0.532. The number of ether oxygens (including phenoxy) is 2. The van der Waals surface area contributed by atoms with Crippen molar-refractivity contribution in [3.05, 3.63) is 26.0 Å². The molecule has 1 aromatic carbocycles. The zero-order chi connectivity index (χ0) is 24.2. The summed E-state index contributed by atoms with van der Waals surface area (Å²) in [6.07, 6.45) is -1.22. The number of nitrogens with zero attached hydrogens (tertiary/aromatic N) is 4. The van der Waals surface area contributed by atoms with Gasteiger partial charge in [-0.1, -0.05) is 11.6 Å². The van der Waals surface area contributed by atoms with Crippen LogP contribution in [0, 0.1) is 0 Å². The zero-order valence-electron chi connectivity index (χ0n) is 19.3. The predicted molar refractivity (Wildman–Crippen MR) is 129 cm³/mol. The number of amides is 1. The minimum Gasteiger partial charge on any atom is -0.487 e. The Morgan fingerprint density at radius 2 is 1.97 bits per heavy atom. The van der Waals surface area contributed by atoms with E-state index in [4.69, 9.17) is 21.1 Å². The Morgan fingerprint density at radius 1 is 1.27 bits per heavy atom. The molecule has 11 heteroatoms. The van der Waals surface area contributed by atoms with Crippen molar-refractivity contribution in [2.45, 2.75) is 65.0 Å². The van der Waals surface area contributed by atoms with Crippen LogP contribution in [0.4, 0.5) is 10.6 Å². The summed E-state index contributed by atoms with van der Waals surface area (Å²) in [6, 6.07) is 1.44. The highest BCUT2D eigenvalue weighted by atomic mass is 79.9. The van der Waals surface area contributed by atoms with Gasteiger partial charge in [-0.05, 0) is 56.6 Å². The number of hydrogen-bond acceptors (Lipinski definition) is 7. The van der Waals surface area contributed by atoms with Crippen LogP contribution < -0.4 is 15.3 Å². The van der Waals surface area contributed by atoms with Gasteiger partial charge in [-0.15, -0.1) is 0 Å². The minimum atomic E-state index is -0.854. The van der Waals surface area contributed by atoms with Crippen molar-refractivity contribution < 1.29 is 19.4 Å². The molecule has 2 aromatic rings. The average Bonchev–Trinajstić information content (AvgIpc) is 2.88. The predicted octanol–water partition coefficient (Wildman–Crippen LogP) is 3.40. The van der Waals surface area contributed by atoms with E-state index in [2.05, 4.69) is 20.9 Å². The summed E-state index contributed by atoms with van der Waals surface area (Å²) < 4.78 is 13.3. The maximum atomic E-state index is 13.1. The summed E-state index contributed by atoms with van der Waals surface area (Å²) in [6.45, 7) is 10.4. The summed E-state index contributed by atoms with van der Waals surface area (Å²) in [5, 5.41) is 11.3. The van der Waals surface area contributed by atoms with E-state index >= 15 is 0 Å². The second-order valence-corrected chi connectivity index (χ2v) is 10.9. The highest BCUT2D eigenvalue weighted by Crippen LogP contribution is 2.43. The number of aliphatic hydroxyl groups excluding tert-OH is 1. The van der Waals surface area contributed by atoms with Gasteiger partial charge in [0.2, 0.25) is 0 Å². The lowest BCUT2D eigenvalue weighted by molar-refractivity contribution is 0.0130. The maximum Gasteiger partial charge on any atom is 0.410 e. The van der Waals surface area contributed by atoms with Gasteiger partial charge in [0.05, 0.1) is 21.6 Å². The third-order valence-corrected chi connectivity index (χ3v) is 7.11. The number of carbonyl (C=O) groups is 1. The first-order valence-electron chi connectivity index (χ1n) is 10.9. The van der Waals surface area contributed by atoms with E-state index in [0.29, 0.717) is 45.1 Å². The molecule has 0 aliphatic carbocycles. The van der Waals surface area contributed by atoms with Crippen LogP contribution in [0.25, 0.3) is 10.9 Å². The van der Waals surface area contributed by atoms with Crippen molar-refractivity contribution in [1.29, 1.82) is 0 Å². The molecule has 3 atom stereocenters. The molecule has 0 bridgehead atoms. The molecule has 0 spiro atoms. The van der Waals surface area contributed by atoms with Crippen LogP contribution in [-0.2, 0) is 11.3 Å². The van der Waals surface area contributed by atoms with Crippen LogP contribution >= 0.6 is 27.5 Å². The molecule has 1 fully saturated rings. The topological polar surface area (TPSA) is 97.1 Å². The van der Waals surface area contributed by atoms with Gasteiger partial charge in [-0.2, -0.15) is 4.98 Å². The molecule has 0 saturated carbocycles. The first-order chi connectivity index (χ1) is 15.4. The summed E-state index contributed by atoms with van der Waals surface area (Å²) in [7, 11) is 0. The maximum absolute atomic E-state index is 13.1. The molecule has 1 saturated heterocycles. The number of piperazine rings is 1. The lowest BCUT2D eigenvalue weighted by Gasteiger charge is -2.45. The van der Waals surface area contributed by atoms with Gasteiger partial charge in [0, 0.05) is 30.6 Å². The van der Waals surface area contributed by atoms with Crippen LogP contribution in [0.5, 0.6) is 5.75 Å². The fraction of sp³-hybridized carbons (Fsp3) is 0.591. The Morgan fingerprint density at radius 3 is 2.64 bits per heavy atom. The van der Waals surface area contributed by atoms with Crippen molar-refractivity contribution >= 4 is 50.3 Å². The molecule has 2 aliphatic rings. The number of carbonyl (C=O) groups excluding carboxylic acids is 1. The lowest BCUT2D eigenvalue weighted by atomic mass is 10.1. The van der Waals surface area contributed by atoms with Gasteiger partial charge in [-0.25, -0.2) is 9.59 Å². The summed E-state index contributed by atoms with van der Waals surface area (Å²) in [4.78, 5) is 33.9. The lowest BCUT2D eigenvalue weighted by Crippen LogP contribution is -2.59. The van der Waals surface area contributed by atoms with Gasteiger partial charge in [0.15, 0.2) is 5.75 Å². The Bertz CT molecular complexity index is 1160. The average molecular weight is 544 g/mol. The fourth-order valence-electron chi connectivity index (χ4n) is 4.30. The Balaban J connectivity index is 1.79. The van der Waals surface area contributed by atoms with Crippen molar-refractivity contribution in [2.75, 3.05) is 24.6 Å². The van der Waals surface area contributed by atoms with Gasteiger partial charge >= 0.3 is 11.8 Å². The van der Waals surface area contributed by atoms with Gasteiger partial charge in [0.1, 0.15) is 24.1 Å². The first-order valence-corrected chi connectivity index (χ1v) is 12.0. The van der Waals surface area contributed by atoms with E-state index in [1.807, 2.05) is 39.5 Å². The Kier molecular flexibility index (Phi) is 6.30. The first kappa shape index (κ1) is 24.1. The van der Waals surface area contributed by atoms with Crippen LogP contribution in [0.15, 0.2) is 15.3 Å². The smallest absolute Gasteiger partial charge is 0.410 e. The zero-order valence-corrected chi connectivity index (χ0v) is 21.6. The van der Waals surface area contributed by atoms with Gasteiger partial charge < -0.3 is 24.4 Å². The number of benzene rings is 1. The van der Waals surface area contributed by atoms with Crippen molar-refractivity contribution in [2.24, 2.45) is 0 Å². The summed E-state index contributed by atoms with van der Waals surface area (Å²) in [5.74, 6) is 0.882. The molecular weight excluding hydrogens is 516 g/mol. The molecule has 9 nitrogen and oxygen atoms in total. The van der Waals surface area contributed by atoms with Crippen molar-refractivity contribution in [1.82, 2.24) is 14.5 Å². The molecule has 1 N–H and O–H groups in total. The molecule has 3 heterocycles.